The van der Waals surface area contributed by atoms with Crippen LogP contribution in [0.1, 0.15) is 28.2 Å². The van der Waals surface area contributed by atoms with Crippen LogP contribution in [0, 0.1) is 36.5 Å². The molecule has 2 N–H and O–H groups in total. The first-order valence-corrected chi connectivity index (χ1v) is 10.2. The lowest BCUT2D eigenvalue weighted by Gasteiger charge is -2.36. The molecule has 6 heteroatoms. The van der Waals surface area contributed by atoms with Gasteiger partial charge in [-0.25, -0.2) is 0 Å². The Morgan fingerprint density at radius 2 is 1.50 bits per heavy atom. The summed E-state index contributed by atoms with van der Waals surface area (Å²) in [7, 11) is 0. The Labute approximate surface area is 179 Å². The number of benzene rings is 2. The van der Waals surface area contributed by atoms with E-state index in [0.717, 1.165) is 27.2 Å². The molecule has 0 bridgehead atoms. The van der Waals surface area contributed by atoms with E-state index in [9.17, 15) is 15.3 Å². The van der Waals surface area contributed by atoms with E-state index in [-0.39, 0.29) is 17.3 Å². The van der Waals surface area contributed by atoms with Crippen molar-refractivity contribution in [2.75, 3.05) is 0 Å². The number of nitriles is 2. The number of fused-ring (bicyclic) bond motifs is 1. The number of hydrogen-bond acceptors (Lipinski definition) is 5. The van der Waals surface area contributed by atoms with E-state index in [4.69, 9.17) is 5.73 Å². The van der Waals surface area contributed by atoms with Crippen molar-refractivity contribution in [1.82, 2.24) is 4.90 Å². The summed E-state index contributed by atoms with van der Waals surface area (Å²) < 4.78 is 0. The zero-order valence-electron chi connectivity index (χ0n) is 16.5. The first-order chi connectivity index (χ1) is 14.4. The molecule has 2 aliphatic heterocycles. The molecule has 1 unspecified atom stereocenters. The van der Waals surface area contributed by atoms with Gasteiger partial charge in [-0.15, -0.1) is 0 Å². The molecule has 1 amide bonds. The summed E-state index contributed by atoms with van der Waals surface area (Å²) >= 11 is 1.33. The van der Waals surface area contributed by atoms with E-state index in [1.165, 1.54) is 22.7 Å². The first-order valence-electron chi connectivity index (χ1n) is 9.36. The average molecular weight is 411 g/mol. The van der Waals surface area contributed by atoms with Gasteiger partial charge in [0.2, 0.25) is 0 Å². The van der Waals surface area contributed by atoms with Gasteiger partial charge in [0, 0.05) is 11.0 Å². The topological polar surface area (TPSA) is 93.9 Å². The lowest BCUT2D eigenvalue weighted by molar-refractivity contribution is -0.122. The number of nitrogens with two attached hydrogens (primary N) is 1. The zero-order chi connectivity index (χ0) is 21.4. The molecule has 146 valence electrons. The standard InChI is InChI=1S/C24H18N4OS/c1-14-3-7-16(8-4-14)20-11-21(29)28-23(27)18(12-25)22(19(13-26)24(28)30-20)17-9-5-15(2)6-10-17/h3-11,22H,27H2,1-2H3. The lowest BCUT2D eigenvalue weighted by Crippen LogP contribution is -2.39. The van der Waals surface area contributed by atoms with Crippen LogP contribution in [-0.4, -0.2) is 10.8 Å². The Balaban J connectivity index is 1.89. The number of allylic oxidation sites excluding steroid dienone is 2. The highest BCUT2D eigenvalue weighted by molar-refractivity contribution is 8.11. The minimum absolute atomic E-state index is 0.0776. The van der Waals surface area contributed by atoms with Gasteiger partial charge in [-0.1, -0.05) is 71.4 Å². The number of carbonyl (C=O) groups is 1. The molecule has 0 radical (unpaired) electrons. The molecule has 0 spiro atoms. The molecule has 0 fully saturated rings. The Kier molecular flexibility index (Phi) is 4.95. The minimum Gasteiger partial charge on any atom is -0.384 e. The van der Waals surface area contributed by atoms with Crippen LogP contribution in [0.25, 0.3) is 4.91 Å². The molecule has 5 nitrogen and oxygen atoms in total. The molecule has 30 heavy (non-hydrogen) atoms. The van der Waals surface area contributed by atoms with Crippen LogP contribution < -0.4 is 5.73 Å². The molecule has 0 saturated heterocycles. The first kappa shape index (κ1) is 19.6. The lowest BCUT2D eigenvalue weighted by atomic mass is 9.83. The second-order valence-electron chi connectivity index (χ2n) is 7.24. The van der Waals surface area contributed by atoms with Crippen LogP contribution in [0.4, 0.5) is 0 Å². The van der Waals surface area contributed by atoms with Gasteiger partial charge >= 0.3 is 0 Å². The van der Waals surface area contributed by atoms with Crippen LogP contribution in [0.15, 0.2) is 76.6 Å². The molecule has 2 heterocycles. The third kappa shape index (κ3) is 3.18. The molecule has 2 aromatic rings. The van der Waals surface area contributed by atoms with Crippen molar-refractivity contribution in [3.8, 4) is 12.1 Å². The van der Waals surface area contributed by atoms with Crippen molar-refractivity contribution in [3.05, 3.63) is 98.9 Å². The maximum atomic E-state index is 13.0. The van der Waals surface area contributed by atoms with Crippen LogP contribution in [0.2, 0.25) is 0 Å². The smallest absolute Gasteiger partial charge is 0.258 e. The molecule has 0 saturated carbocycles. The molecular weight excluding hydrogens is 392 g/mol. The fourth-order valence-electron chi connectivity index (χ4n) is 3.58. The van der Waals surface area contributed by atoms with Gasteiger partial charge in [0.15, 0.2) is 0 Å². The number of amides is 1. The third-order valence-electron chi connectivity index (χ3n) is 5.20. The van der Waals surface area contributed by atoms with E-state index in [1.54, 1.807) is 0 Å². The SMILES string of the molecule is Cc1ccc(C2=CC(=O)N3C(N)=C(C#N)C(c4ccc(C)cc4)C(C#N)=C3S2)cc1. The maximum absolute atomic E-state index is 13.0. The van der Waals surface area contributed by atoms with Gasteiger partial charge in [-0.05, 0) is 25.0 Å². The molecule has 2 aliphatic rings. The monoisotopic (exact) mass is 410 g/mol. The number of nitrogens with zero attached hydrogens (tertiary/aromatic N) is 3. The van der Waals surface area contributed by atoms with E-state index in [0.29, 0.717) is 10.6 Å². The fraction of sp³-hybridized carbons (Fsp3) is 0.125. The van der Waals surface area contributed by atoms with Gasteiger partial charge in [-0.2, -0.15) is 10.5 Å². The Bertz CT molecular complexity index is 1220. The van der Waals surface area contributed by atoms with Crippen molar-refractivity contribution in [3.63, 3.8) is 0 Å². The second-order valence-corrected chi connectivity index (χ2v) is 8.27. The predicted octanol–water partition coefficient (Wildman–Crippen LogP) is 4.45. The van der Waals surface area contributed by atoms with Gasteiger partial charge < -0.3 is 5.73 Å². The summed E-state index contributed by atoms with van der Waals surface area (Å²) in [6.45, 7) is 3.97. The molecule has 4 rings (SSSR count). The number of hydrogen-bond donors (Lipinski definition) is 1. The van der Waals surface area contributed by atoms with Gasteiger partial charge in [-0.3, -0.25) is 9.69 Å². The van der Waals surface area contributed by atoms with Crippen LogP contribution >= 0.6 is 11.8 Å². The highest BCUT2D eigenvalue weighted by Crippen LogP contribution is 2.49. The van der Waals surface area contributed by atoms with Crippen molar-refractivity contribution < 1.29 is 4.79 Å². The normalized spacial score (nSPS) is 18.5. The summed E-state index contributed by atoms with van der Waals surface area (Å²) in [4.78, 5) is 15.0. The molecule has 0 aliphatic carbocycles. The summed E-state index contributed by atoms with van der Waals surface area (Å²) in [6.07, 6.45) is 1.50. The summed E-state index contributed by atoms with van der Waals surface area (Å²) in [5.41, 5.74) is 10.7. The Morgan fingerprint density at radius 1 is 0.933 bits per heavy atom. The third-order valence-corrected chi connectivity index (χ3v) is 6.37. The maximum Gasteiger partial charge on any atom is 0.258 e. The van der Waals surface area contributed by atoms with E-state index < -0.39 is 5.92 Å². The predicted molar refractivity (Wildman–Crippen MR) is 117 cm³/mol. The average Bonchev–Trinajstić information content (AvgIpc) is 2.74. The summed E-state index contributed by atoms with van der Waals surface area (Å²) in [6, 6.07) is 19.9. The molecular formula is C24H18N4OS. The molecule has 2 aromatic carbocycles. The number of carbonyl (C=O) groups excluding carboxylic acids is 1. The van der Waals surface area contributed by atoms with Crippen LogP contribution in [-0.2, 0) is 4.79 Å². The van der Waals surface area contributed by atoms with Crippen molar-refractivity contribution in [1.29, 1.82) is 10.5 Å². The number of thioether (sulfide) groups is 1. The quantitative estimate of drug-likeness (QED) is 0.789. The Morgan fingerprint density at radius 3 is 2.07 bits per heavy atom. The van der Waals surface area contributed by atoms with Crippen molar-refractivity contribution >= 4 is 22.6 Å². The number of aryl methyl sites for hydroxylation is 2. The summed E-state index contributed by atoms with van der Waals surface area (Å²) in [5.74, 6) is -0.891. The number of rotatable bonds is 2. The van der Waals surface area contributed by atoms with Gasteiger partial charge in [0.05, 0.1) is 29.2 Å². The van der Waals surface area contributed by atoms with E-state index in [2.05, 4.69) is 12.1 Å². The molecule has 1 atom stereocenters. The van der Waals surface area contributed by atoms with E-state index >= 15 is 0 Å². The van der Waals surface area contributed by atoms with E-state index in [1.807, 2.05) is 62.4 Å². The molecule has 0 aromatic heterocycles. The summed E-state index contributed by atoms with van der Waals surface area (Å²) in [5, 5.41) is 20.3. The van der Waals surface area contributed by atoms with Crippen LogP contribution in [0.5, 0.6) is 0 Å². The fourth-order valence-corrected chi connectivity index (χ4v) is 4.76. The highest BCUT2D eigenvalue weighted by atomic mass is 32.2. The highest BCUT2D eigenvalue weighted by Gasteiger charge is 2.40. The van der Waals surface area contributed by atoms with Crippen molar-refractivity contribution in [2.24, 2.45) is 5.73 Å². The zero-order valence-corrected chi connectivity index (χ0v) is 17.3. The minimum atomic E-state index is -0.607. The van der Waals surface area contributed by atoms with Crippen molar-refractivity contribution in [2.45, 2.75) is 19.8 Å². The van der Waals surface area contributed by atoms with Gasteiger partial charge in [0.25, 0.3) is 5.91 Å². The Hall–Kier alpha value is -3.74. The second kappa shape index (κ2) is 7.59. The largest absolute Gasteiger partial charge is 0.384 e. The van der Waals surface area contributed by atoms with Gasteiger partial charge in [0.1, 0.15) is 10.9 Å². The van der Waals surface area contributed by atoms with Crippen LogP contribution in [0.3, 0.4) is 0 Å².